The summed E-state index contributed by atoms with van der Waals surface area (Å²) in [5.41, 5.74) is 7.53. The second kappa shape index (κ2) is 3.78. The second-order valence-corrected chi connectivity index (χ2v) is 4.39. The minimum absolute atomic E-state index is 0.156. The standard InChI is InChI=1S/C11H17N3/c1-8-5-6-9(13-7-8)10(12)14-11(2,3)4/h5-7H,1-4H3,(H2,12,14). The molecule has 14 heavy (non-hydrogen) atoms. The van der Waals surface area contributed by atoms with Crippen LogP contribution in [-0.2, 0) is 0 Å². The van der Waals surface area contributed by atoms with E-state index in [0.29, 0.717) is 5.84 Å². The summed E-state index contributed by atoms with van der Waals surface area (Å²) in [5.74, 6) is 0.498. The monoisotopic (exact) mass is 191 g/mol. The molecule has 0 aliphatic heterocycles. The molecule has 1 aromatic heterocycles. The lowest BCUT2D eigenvalue weighted by atomic mass is 10.1. The lowest BCUT2D eigenvalue weighted by Crippen LogP contribution is -2.22. The Morgan fingerprint density at radius 1 is 1.36 bits per heavy atom. The molecule has 3 nitrogen and oxygen atoms in total. The lowest BCUT2D eigenvalue weighted by molar-refractivity contribution is 0.583. The maximum absolute atomic E-state index is 5.82. The van der Waals surface area contributed by atoms with E-state index < -0.39 is 0 Å². The number of rotatable bonds is 1. The largest absolute Gasteiger partial charge is 0.382 e. The van der Waals surface area contributed by atoms with Crippen LogP contribution in [0.1, 0.15) is 32.0 Å². The summed E-state index contributed by atoms with van der Waals surface area (Å²) in [5, 5.41) is 0. The fourth-order valence-electron chi connectivity index (χ4n) is 1.04. The van der Waals surface area contributed by atoms with Crippen LogP contribution in [0.4, 0.5) is 0 Å². The Morgan fingerprint density at radius 3 is 2.43 bits per heavy atom. The van der Waals surface area contributed by atoms with Crippen LogP contribution < -0.4 is 5.73 Å². The fraction of sp³-hybridized carbons (Fsp3) is 0.455. The van der Waals surface area contributed by atoms with Gasteiger partial charge in [-0.2, -0.15) is 0 Å². The lowest BCUT2D eigenvalue weighted by Gasteiger charge is -2.13. The second-order valence-electron chi connectivity index (χ2n) is 4.39. The topological polar surface area (TPSA) is 51.3 Å². The van der Waals surface area contributed by atoms with Crippen LogP contribution in [0.3, 0.4) is 0 Å². The Morgan fingerprint density at radius 2 is 2.00 bits per heavy atom. The molecule has 1 rings (SSSR count). The van der Waals surface area contributed by atoms with Gasteiger partial charge in [-0.1, -0.05) is 6.07 Å². The zero-order valence-corrected chi connectivity index (χ0v) is 9.20. The number of hydrogen-bond donors (Lipinski definition) is 1. The maximum Gasteiger partial charge on any atom is 0.145 e. The van der Waals surface area contributed by atoms with Gasteiger partial charge >= 0.3 is 0 Å². The van der Waals surface area contributed by atoms with Gasteiger partial charge in [-0.3, -0.25) is 9.98 Å². The van der Waals surface area contributed by atoms with Crippen molar-refractivity contribution in [1.82, 2.24) is 4.98 Å². The molecule has 0 atom stereocenters. The SMILES string of the molecule is Cc1ccc(C(N)=NC(C)(C)C)nc1. The van der Waals surface area contributed by atoms with E-state index in [0.717, 1.165) is 11.3 Å². The van der Waals surface area contributed by atoms with Gasteiger partial charge in [-0.15, -0.1) is 0 Å². The van der Waals surface area contributed by atoms with E-state index in [-0.39, 0.29) is 5.54 Å². The molecule has 76 valence electrons. The third kappa shape index (κ3) is 3.17. The molecule has 0 aromatic carbocycles. The molecular weight excluding hydrogens is 174 g/mol. The van der Waals surface area contributed by atoms with Crippen LogP contribution in [0.15, 0.2) is 23.3 Å². The normalized spacial score (nSPS) is 13.0. The van der Waals surface area contributed by atoms with Gasteiger partial charge in [0.15, 0.2) is 0 Å². The highest BCUT2D eigenvalue weighted by Gasteiger charge is 2.09. The molecule has 0 amide bonds. The highest BCUT2D eigenvalue weighted by molar-refractivity contribution is 5.95. The molecule has 0 radical (unpaired) electrons. The van der Waals surface area contributed by atoms with Crippen LogP contribution in [0, 0.1) is 6.92 Å². The zero-order chi connectivity index (χ0) is 10.8. The van der Waals surface area contributed by atoms with E-state index in [1.165, 1.54) is 0 Å². The van der Waals surface area contributed by atoms with Crippen molar-refractivity contribution in [3.05, 3.63) is 29.6 Å². The van der Waals surface area contributed by atoms with E-state index in [9.17, 15) is 0 Å². The van der Waals surface area contributed by atoms with Crippen molar-refractivity contribution in [3.8, 4) is 0 Å². The Hall–Kier alpha value is -1.38. The molecule has 0 saturated carbocycles. The van der Waals surface area contributed by atoms with E-state index in [4.69, 9.17) is 5.73 Å². The van der Waals surface area contributed by atoms with Gasteiger partial charge in [-0.25, -0.2) is 0 Å². The molecule has 0 unspecified atom stereocenters. The number of aromatic nitrogens is 1. The van der Waals surface area contributed by atoms with Crippen molar-refractivity contribution in [1.29, 1.82) is 0 Å². The van der Waals surface area contributed by atoms with Gasteiger partial charge in [0.05, 0.1) is 5.54 Å². The third-order valence-electron chi connectivity index (χ3n) is 1.63. The summed E-state index contributed by atoms with van der Waals surface area (Å²) < 4.78 is 0. The van der Waals surface area contributed by atoms with E-state index in [2.05, 4.69) is 9.98 Å². The molecule has 0 fully saturated rings. The van der Waals surface area contributed by atoms with Gasteiger partial charge in [-0.05, 0) is 39.3 Å². The molecule has 3 heteroatoms. The van der Waals surface area contributed by atoms with Crippen molar-refractivity contribution < 1.29 is 0 Å². The van der Waals surface area contributed by atoms with Crippen molar-refractivity contribution in [2.24, 2.45) is 10.7 Å². The first-order chi connectivity index (χ1) is 6.38. The van der Waals surface area contributed by atoms with Crippen LogP contribution in [0.25, 0.3) is 0 Å². The average Bonchev–Trinajstić information content (AvgIpc) is 2.02. The average molecular weight is 191 g/mol. The van der Waals surface area contributed by atoms with Gasteiger partial charge in [0, 0.05) is 6.20 Å². The van der Waals surface area contributed by atoms with Gasteiger partial charge in [0.2, 0.25) is 0 Å². The first kappa shape index (κ1) is 10.7. The van der Waals surface area contributed by atoms with Gasteiger partial charge in [0.1, 0.15) is 11.5 Å². The predicted molar refractivity (Wildman–Crippen MR) is 59.5 cm³/mol. The Balaban J connectivity index is 2.95. The number of nitrogens with two attached hydrogens (primary N) is 1. The summed E-state index contributed by atoms with van der Waals surface area (Å²) in [7, 11) is 0. The van der Waals surface area contributed by atoms with Crippen molar-refractivity contribution in [2.75, 3.05) is 0 Å². The Labute approximate surface area is 85.1 Å². The molecule has 0 aliphatic rings. The molecule has 0 saturated heterocycles. The summed E-state index contributed by atoms with van der Waals surface area (Å²) >= 11 is 0. The third-order valence-corrected chi connectivity index (χ3v) is 1.63. The fourth-order valence-corrected chi connectivity index (χ4v) is 1.04. The van der Waals surface area contributed by atoms with Gasteiger partial charge in [0.25, 0.3) is 0 Å². The first-order valence-electron chi connectivity index (χ1n) is 4.67. The summed E-state index contributed by atoms with van der Waals surface area (Å²) in [6.07, 6.45) is 1.79. The zero-order valence-electron chi connectivity index (χ0n) is 9.20. The number of aliphatic imine (C=N–C) groups is 1. The molecule has 0 bridgehead atoms. The molecule has 0 spiro atoms. The predicted octanol–water partition coefficient (Wildman–Crippen LogP) is 1.89. The van der Waals surface area contributed by atoms with Crippen molar-refractivity contribution >= 4 is 5.84 Å². The van der Waals surface area contributed by atoms with Crippen LogP contribution in [0.5, 0.6) is 0 Å². The molecule has 1 heterocycles. The number of hydrogen-bond acceptors (Lipinski definition) is 2. The number of aryl methyl sites for hydroxylation is 1. The van der Waals surface area contributed by atoms with Crippen LogP contribution >= 0.6 is 0 Å². The van der Waals surface area contributed by atoms with Gasteiger partial charge < -0.3 is 5.73 Å². The number of amidine groups is 1. The van der Waals surface area contributed by atoms with Crippen LogP contribution in [-0.4, -0.2) is 16.4 Å². The summed E-state index contributed by atoms with van der Waals surface area (Å²) in [6, 6.07) is 3.87. The van der Waals surface area contributed by atoms with E-state index in [1.807, 2.05) is 39.8 Å². The smallest absolute Gasteiger partial charge is 0.145 e. The number of pyridine rings is 1. The van der Waals surface area contributed by atoms with E-state index in [1.54, 1.807) is 6.20 Å². The highest BCUT2D eigenvalue weighted by Crippen LogP contribution is 2.08. The molecular formula is C11H17N3. The maximum atomic E-state index is 5.82. The Bertz CT molecular complexity index is 331. The first-order valence-corrected chi connectivity index (χ1v) is 4.67. The minimum atomic E-state index is -0.156. The van der Waals surface area contributed by atoms with Crippen molar-refractivity contribution in [2.45, 2.75) is 33.2 Å². The Kier molecular flexibility index (Phi) is 2.89. The highest BCUT2D eigenvalue weighted by atomic mass is 14.9. The quantitative estimate of drug-likeness (QED) is 0.544. The van der Waals surface area contributed by atoms with E-state index >= 15 is 0 Å². The number of nitrogens with zero attached hydrogens (tertiary/aromatic N) is 2. The summed E-state index contributed by atoms with van der Waals surface area (Å²) in [4.78, 5) is 8.55. The molecule has 1 aromatic rings. The molecule has 0 aliphatic carbocycles. The summed E-state index contributed by atoms with van der Waals surface area (Å²) in [6.45, 7) is 8.02. The minimum Gasteiger partial charge on any atom is -0.382 e. The van der Waals surface area contributed by atoms with Crippen molar-refractivity contribution in [3.63, 3.8) is 0 Å². The molecule has 2 N–H and O–H groups in total. The van der Waals surface area contributed by atoms with Crippen LogP contribution in [0.2, 0.25) is 0 Å².